The SMILES string of the molecule is CCC1=CCC=C(c2ccc(-c3ccc(C)c(C)c3)cc2)C=C1C. The highest BCUT2D eigenvalue weighted by molar-refractivity contribution is 5.78. The van der Waals surface area contributed by atoms with Gasteiger partial charge in [0.1, 0.15) is 0 Å². The van der Waals surface area contributed by atoms with Crippen molar-refractivity contribution in [2.45, 2.75) is 40.5 Å². The zero-order valence-electron chi connectivity index (χ0n) is 15.2. The van der Waals surface area contributed by atoms with Gasteiger partial charge in [-0.3, -0.25) is 0 Å². The van der Waals surface area contributed by atoms with Crippen LogP contribution in [0, 0.1) is 13.8 Å². The molecule has 0 amide bonds. The average Bonchev–Trinajstić information content (AvgIpc) is 2.78. The molecule has 0 heteroatoms. The first-order valence-corrected chi connectivity index (χ1v) is 8.84. The zero-order valence-corrected chi connectivity index (χ0v) is 15.2. The molecule has 0 heterocycles. The molecule has 0 radical (unpaired) electrons. The number of hydrogen-bond donors (Lipinski definition) is 0. The van der Waals surface area contributed by atoms with E-state index in [2.05, 4.69) is 88.4 Å². The molecule has 24 heavy (non-hydrogen) atoms. The summed E-state index contributed by atoms with van der Waals surface area (Å²) in [6.45, 7) is 8.79. The van der Waals surface area contributed by atoms with Crippen molar-refractivity contribution >= 4 is 5.57 Å². The Balaban J connectivity index is 1.88. The van der Waals surface area contributed by atoms with E-state index in [0.29, 0.717) is 0 Å². The molecule has 0 saturated carbocycles. The van der Waals surface area contributed by atoms with Gasteiger partial charge in [0.15, 0.2) is 0 Å². The van der Waals surface area contributed by atoms with Crippen LogP contribution in [-0.2, 0) is 0 Å². The molecule has 0 nitrogen and oxygen atoms in total. The molecule has 3 rings (SSSR count). The van der Waals surface area contributed by atoms with E-state index < -0.39 is 0 Å². The summed E-state index contributed by atoms with van der Waals surface area (Å²) in [5.41, 5.74) is 10.8. The Bertz CT molecular complexity index is 827. The lowest BCUT2D eigenvalue weighted by atomic mass is 9.96. The highest BCUT2D eigenvalue weighted by atomic mass is 14.1. The van der Waals surface area contributed by atoms with Crippen LogP contribution in [0.3, 0.4) is 0 Å². The van der Waals surface area contributed by atoms with E-state index in [1.807, 2.05) is 0 Å². The monoisotopic (exact) mass is 314 g/mol. The zero-order chi connectivity index (χ0) is 17.1. The van der Waals surface area contributed by atoms with Gasteiger partial charge in [0.25, 0.3) is 0 Å². The maximum atomic E-state index is 2.35. The molecule has 2 aromatic carbocycles. The van der Waals surface area contributed by atoms with Crippen molar-refractivity contribution < 1.29 is 0 Å². The van der Waals surface area contributed by atoms with Crippen molar-refractivity contribution in [2.75, 3.05) is 0 Å². The fourth-order valence-corrected chi connectivity index (χ4v) is 3.27. The Morgan fingerprint density at radius 3 is 2.08 bits per heavy atom. The van der Waals surface area contributed by atoms with Crippen LogP contribution in [0.15, 0.2) is 71.8 Å². The molecule has 122 valence electrons. The lowest BCUT2D eigenvalue weighted by Crippen LogP contribution is -1.86. The van der Waals surface area contributed by atoms with Crippen molar-refractivity contribution in [3.8, 4) is 11.1 Å². The summed E-state index contributed by atoms with van der Waals surface area (Å²) in [5, 5.41) is 0. The van der Waals surface area contributed by atoms with E-state index in [-0.39, 0.29) is 0 Å². The molecule has 1 aliphatic rings. The van der Waals surface area contributed by atoms with Crippen molar-refractivity contribution in [3.63, 3.8) is 0 Å². The second-order valence-electron chi connectivity index (χ2n) is 6.68. The first kappa shape index (κ1) is 16.5. The maximum absolute atomic E-state index is 2.35. The van der Waals surface area contributed by atoms with Crippen LogP contribution in [0.1, 0.15) is 43.4 Å². The third-order valence-corrected chi connectivity index (χ3v) is 5.02. The Hall–Kier alpha value is -2.34. The summed E-state index contributed by atoms with van der Waals surface area (Å²) in [6, 6.07) is 15.7. The van der Waals surface area contributed by atoms with Crippen LogP contribution in [0.5, 0.6) is 0 Å². The summed E-state index contributed by atoms with van der Waals surface area (Å²) in [4.78, 5) is 0. The topological polar surface area (TPSA) is 0 Å². The number of benzene rings is 2. The Labute approximate surface area is 146 Å². The Morgan fingerprint density at radius 2 is 1.42 bits per heavy atom. The number of aryl methyl sites for hydroxylation is 2. The van der Waals surface area contributed by atoms with Crippen molar-refractivity contribution in [1.29, 1.82) is 0 Å². The fourth-order valence-electron chi connectivity index (χ4n) is 3.27. The van der Waals surface area contributed by atoms with Gasteiger partial charge in [0, 0.05) is 0 Å². The molecule has 0 aliphatic heterocycles. The summed E-state index contributed by atoms with van der Waals surface area (Å²) in [5.74, 6) is 0. The predicted molar refractivity (Wildman–Crippen MR) is 106 cm³/mol. The second kappa shape index (κ2) is 7.05. The Kier molecular flexibility index (Phi) is 4.85. The Morgan fingerprint density at radius 1 is 0.750 bits per heavy atom. The van der Waals surface area contributed by atoms with Gasteiger partial charge in [-0.15, -0.1) is 0 Å². The number of rotatable bonds is 3. The van der Waals surface area contributed by atoms with Crippen LogP contribution < -0.4 is 0 Å². The fraction of sp³-hybridized carbons (Fsp3) is 0.250. The van der Waals surface area contributed by atoms with Crippen LogP contribution in [-0.4, -0.2) is 0 Å². The largest absolute Gasteiger partial charge is 0.0772 e. The first-order chi connectivity index (χ1) is 11.6. The number of hydrogen-bond acceptors (Lipinski definition) is 0. The summed E-state index contributed by atoms with van der Waals surface area (Å²) in [7, 11) is 0. The molecule has 0 unspecified atom stereocenters. The lowest BCUT2D eigenvalue weighted by Gasteiger charge is -2.08. The number of allylic oxidation sites excluding steroid dienone is 6. The molecular weight excluding hydrogens is 288 g/mol. The highest BCUT2D eigenvalue weighted by Gasteiger charge is 2.06. The van der Waals surface area contributed by atoms with Gasteiger partial charge in [-0.2, -0.15) is 0 Å². The molecule has 0 bridgehead atoms. The standard InChI is InChI=1S/C24H26/c1-5-20-7-6-8-23(16-19(20)4)21-11-13-22(14-12-21)24-10-9-17(2)18(3)15-24/h7-16H,5-6H2,1-4H3. The van der Waals surface area contributed by atoms with Gasteiger partial charge >= 0.3 is 0 Å². The van der Waals surface area contributed by atoms with E-state index in [1.165, 1.54) is 44.5 Å². The van der Waals surface area contributed by atoms with Gasteiger partial charge in [0.2, 0.25) is 0 Å². The average molecular weight is 314 g/mol. The van der Waals surface area contributed by atoms with E-state index in [9.17, 15) is 0 Å². The third-order valence-electron chi connectivity index (χ3n) is 5.02. The third kappa shape index (κ3) is 3.43. The van der Waals surface area contributed by atoms with Gasteiger partial charge in [-0.1, -0.05) is 67.6 Å². The van der Waals surface area contributed by atoms with E-state index >= 15 is 0 Å². The predicted octanol–water partition coefficient (Wildman–Crippen LogP) is 7.04. The molecule has 0 atom stereocenters. The van der Waals surface area contributed by atoms with Gasteiger partial charge in [-0.05, 0) is 78.1 Å². The van der Waals surface area contributed by atoms with Gasteiger partial charge in [-0.25, -0.2) is 0 Å². The van der Waals surface area contributed by atoms with Crippen LogP contribution in [0.4, 0.5) is 0 Å². The van der Waals surface area contributed by atoms with Crippen LogP contribution in [0.2, 0.25) is 0 Å². The smallest absolute Gasteiger partial charge is 0.0154 e. The van der Waals surface area contributed by atoms with E-state index in [4.69, 9.17) is 0 Å². The van der Waals surface area contributed by atoms with Crippen molar-refractivity contribution in [1.82, 2.24) is 0 Å². The molecule has 1 aliphatic carbocycles. The molecule has 0 spiro atoms. The van der Waals surface area contributed by atoms with Gasteiger partial charge in [0.05, 0.1) is 0 Å². The van der Waals surface area contributed by atoms with E-state index in [1.54, 1.807) is 0 Å². The summed E-state index contributed by atoms with van der Waals surface area (Å²) < 4.78 is 0. The van der Waals surface area contributed by atoms with E-state index in [0.717, 1.165) is 12.8 Å². The van der Waals surface area contributed by atoms with Gasteiger partial charge < -0.3 is 0 Å². The quantitative estimate of drug-likeness (QED) is 0.570. The molecule has 0 saturated heterocycles. The lowest BCUT2D eigenvalue weighted by molar-refractivity contribution is 1.09. The minimum absolute atomic E-state index is 1.02. The maximum Gasteiger partial charge on any atom is -0.0154 e. The van der Waals surface area contributed by atoms with Crippen LogP contribution in [0.25, 0.3) is 16.7 Å². The first-order valence-electron chi connectivity index (χ1n) is 8.84. The normalized spacial score (nSPS) is 14.6. The molecular formula is C24H26. The summed E-state index contributed by atoms with van der Waals surface area (Å²) >= 11 is 0. The van der Waals surface area contributed by atoms with Crippen molar-refractivity contribution in [3.05, 3.63) is 88.5 Å². The second-order valence-corrected chi connectivity index (χ2v) is 6.68. The molecule has 0 N–H and O–H groups in total. The van der Waals surface area contributed by atoms with Crippen molar-refractivity contribution in [2.24, 2.45) is 0 Å². The highest BCUT2D eigenvalue weighted by Crippen LogP contribution is 2.28. The summed E-state index contributed by atoms with van der Waals surface area (Å²) in [6.07, 6.45) is 9.13. The molecule has 2 aromatic rings. The minimum Gasteiger partial charge on any atom is -0.0772 e. The minimum atomic E-state index is 1.02. The molecule has 0 fully saturated rings. The van der Waals surface area contributed by atoms with Crippen LogP contribution >= 0.6 is 0 Å². The molecule has 0 aromatic heterocycles.